The van der Waals surface area contributed by atoms with Crippen LogP contribution in [0, 0.1) is 0 Å². The number of thiazole rings is 1. The van der Waals surface area contributed by atoms with Crippen molar-refractivity contribution in [1.82, 2.24) is 15.2 Å². The van der Waals surface area contributed by atoms with Gasteiger partial charge in [0.1, 0.15) is 23.1 Å². The standard InChI is InChI=1S/C18H25N3O2S/c1-18(2)13-21(9-8-19-18)10-14-12-24-17(20-14)11-23-16-6-4-15(22-3)5-7-16/h4-7,12,19H,8-11,13H2,1-3H3. The Morgan fingerprint density at radius 3 is 2.71 bits per heavy atom. The van der Waals surface area contributed by atoms with Crippen LogP contribution in [-0.4, -0.2) is 42.2 Å². The van der Waals surface area contributed by atoms with E-state index in [1.807, 2.05) is 24.3 Å². The Kier molecular flexibility index (Phi) is 5.38. The number of nitrogens with one attached hydrogen (secondary N) is 1. The number of nitrogens with zero attached hydrogens (tertiary/aromatic N) is 2. The topological polar surface area (TPSA) is 46.6 Å². The lowest BCUT2D eigenvalue weighted by molar-refractivity contribution is 0.147. The second kappa shape index (κ2) is 7.51. The fourth-order valence-corrected chi connectivity index (χ4v) is 3.61. The lowest BCUT2D eigenvalue weighted by Crippen LogP contribution is -2.56. The zero-order chi connectivity index (χ0) is 17.0. The molecule has 3 rings (SSSR count). The molecule has 0 saturated carbocycles. The summed E-state index contributed by atoms with van der Waals surface area (Å²) in [6.45, 7) is 9.04. The maximum Gasteiger partial charge on any atom is 0.140 e. The van der Waals surface area contributed by atoms with Crippen molar-refractivity contribution in [3.05, 3.63) is 40.3 Å². The van der Waals surface area contributed by atoms with Crippen LogP contribution in [0.15, 0.2) is 29.6 Å². The van der Waals surface area contributed by atoms with E-state index in [9.17, 15) is 0 Å². The molecule has 1 aromatic heterocycles. The lowest BCUT2D eigenvalue weighted by atomic mass is 10.0. The first-order valence-corrected chi connectivity index (χ1v) is 9.09. The molecule has 0 bridgehead atoms. The summed E-state index contributed by atoms with van der Waals surface area (Å²) < 4.78 is 10.9. The number of hydrogen-bond acceptors (Lipinski definition) is 6. The largest absolute Gasteiger partial charge is 0.497 e. The van der Waals surface area contributed by atoms with Crippen LogP contribution in [0.4, 0.5) is 0 Å². The summed E-state index contributed by atoms with van der Waals surface area (Å²) in [5.41, 5.74) is 1.31. The third-order valence-electron chi connectivity index (χ3n) is 4.06. The van der Waals surface area contributed by atoms with Gasteiger partial charge in [-0.05, 0) is 38.1 Å². The molecule has 24 heavy (non-hydrogen) atoms. The van der Waals surface area contributed by atoms with Gasteiger partial charge in [-0.15, -0.1) is 11.3 Å². The molecule has 0 amide bonds. The maximum atomic E-state index is 5.80. The van der Waals surface area contributed by atoms with Crippen molar-refractivity contribution in [3.63, 3.8) is 0 Å². The number of aromatic nitrogens is 1. The van der Waals surface area contributed by atoms with Gasteiger partial charge in [-0.1, -0.05) is 0 Å². The Morgan fingerprint density at radius 2 is 2.00 bits per heavy atom. The molecule has 2 heterocycles. The third-order valence-corrected chi connectivity index (χ3v) is 4.93. The monoisotopic (exact) mass is 347 g/mol. The zero-order valence-electron chi connectivity index (χ0n) is 14.5. The van der Waals surface area contributed by atoms with Crippen LogP contribution in [-0.2, 0) is 13.2 Å². The number of hydrogen-bond donors (Lipinski definition) is 1. The number of rotatable bonds is 6. The van der Waals surface area contributed by atoms with Crippen molar-refractivity contribution in [3.8, 4) is 11.5 Å². The van der Waals surface area contributed by atoms with E-state index in [0.29, 0.717) is 6.61 Å². The molecule has 2 aromatic rings. The second-order valence-corrected chi connectivity index (χ2v) is 7.66. The number of benzene rings is 1. The summed E-state index contributed by atoms with van der Waals surface area (Å²) in [5, 5.41) is 6.69. The Bertz CT molecular complexity index is 655. The minimum atomic E-state index is 0.175. The van der Waals surface area contributed by atoms with Gasteiger partial charge >= 0.3 is 0 Å². The summed E-state index contributed by atoms with van der Waals surface area (Å²) in [6.07, 6.45) is 0. The van der Waals surface area contributed by atoms with Gasteiger partial charge in [-0.25, -0.2) is 4.98 Å². The fourth-order valence-electron chi connectivity index (χ4n) is 2.92. The molecule has 0 unspecified atom stereocenters. The second-order valence-electron chi connectivity index (χ2n) is 6.72. The predicted octanol–water partition coefficient (Wildman–Crippen LogP) is 2.91. The van der Waals surface area contributed by atoms with Crippen molar-refractivity contribution in [1.29, 1.82) is 0 Å². The van der Waals surface area contributed by atoms with Gasteiger partial charge in [0.05, 0.1) is 12.8 Å². The molecule has 0 spiro atoms. The zero-order valence-corrected chi connectivity index (χ0v) is 15.4. The van der Waals surface area contributed by atoms with E-state index in [4.69, 9.17) is 14.5 Å². The summed E-state index contributed by atoms with van der Waals surface area (Å²) in [7, 11) is 1.66. The number of ether oxygens (including phenoxy) is 2. The first kappa shape index (κ1) is 17.2. The minimum absolute atomic E-state index is 0.175. The van der Waals surface area contributed by atoms with Gasteiger partial charge in [0.15, 0.2) is 0 Å². The van der Waals surface area contributed by atoms with Gasteiger partial charge in [0.25, 0.3) is 0 Å². The van der Waals surface area contributed by atoms with Crippen LogP contribution in [0.5, 0.6) is 11.5 Å². The molecule has 5 nitrogen and oxygen atoms in total. The van der Waals surface area contributed by atoms with E-state index in [0.717, 1.165) is 48.4 Å². The molecule has 1 fully saturated rings. The van der Waals surface area contributed by atoms with E-state index >= 15 is 0 Å². The Morgan fingerprint density at radius 1 is 1.25 bits per heavy atom. The van der Waals surface area contributed by atoms with E-state index < -0.39 is 0 Å². The van der Waals surface area contributed by atoms with Crippen molar-refractivity contribution in [2.45, 2.75) is 32.5 Å². The molecule has 130 valence electrons. The lowest BCUT2D eigenvalue weighted by Gasteiger charge is -2.38. The Balaban J connectivity index is 1.51. The number of methoxy groups -OCH3 is 1. The molecule has 0 atom stereocenters. The van der Waals surface area contributed by atoms with Crippen molar-refractivity contribution >= 4 is 11.3 Å². The minimum Gasteiger partial charge on any atom is -0.497 e. The number of piperazine rings is 1. The average Bonchev–Trinajstić information content (AvgIpc) is 3.00. The van der Waals surface area contributed by atoms with Gasteiger partial charge in [0.2, 0.25) is 0 Å². The highest BCUT2D eigenvalue weighted by atomic mass is 32.1. The van der Waals surface area contributed by atoms with Crippen molar-refractivity contribution in [2.24, 2.45) is 0 Å². The van der Waals surface area contributed by atoms with Gasteiger partial charge in [-0.3, -0.25) is 4.90 Å². The SMILES string of the molecule is COc1ccc(OCc2nc(CN3CCNC(C)(C)C3)cs2)cc1. The first-order valence-electron chi connectivity index (χ1n) is 8.22. The quantitative estimate of drug-likeness (QED) is 0.871. The Labute approximate surface area is 147 Å². The van der Waals surface area contributed by atoms with E-state index in [1.54, 1.807) is 18.4 Å². The molecule has 0 radical (unpaired) electrons. The first-order chi connectivity index (χ1) is 11.5. The molecular weight excluding hydrogens is 322 g/mol. The molecular formula is C18H25N3O2S. The van der Waals surface area contributed by atoms with E-state index in [2.05, 4.69) is 29.4 Å². The molecule has 1 saturated heterocycles. The highest BCUT2D eigenvalue weighted by Gasteiger charge is 2.25. The van der Waals surface area contributed by atoms with Crippen LogP contribution in [0.3, 0.4) is 0 Å². The van der Waals surface area contributed by atoms with E-state index in [1.165, 1.54) is 0 Å². The maximum absolute atomic E-state index is 5.80. The van der Waals surface area contributed by atoms with Crippen LogP contribution < -0.4 is 14.8 Å². The van der Waals surface area contributed by atoms with E-state index in [-0.39, 0.29) is 5.54 Å². The third kappa shape index (κ3) is 4.69. The van der Waals surface area contributed by atoms with Gasteiger partial charge in [-0.2, -0.15) is 0 Å². The van der Waals surface area contributed by atoms with Crippen molar-refractivity contribution in [2.75, 3.05) is 26.7 Å². The van der Waals surface area contributed by atoms with Gasteiger partial charge in [0, 0.05) is 37.1 Å². The van der Waals surface area contributed by atoms with Crippen LogP contribution in [0.1, 0.15) is 24.5 Å². The average molecular weight is 347 g/mol. The summed E-state index contributed by atoms with van der Waals surface area (Å²) in [5.74, 6) is 1.66. The Hall–Kier alpha value is -1.63. The molecule has 0 aliphatic carbocycles. The predicted molar refractivity (Wildman–Crippen MR) is 96.8 cm³/mol. The highest BCUT2D eigenvalue weighted by molar-refractivity contribution is 7.09. The van der Waals surface area contributed by atoms with Crippen LogP contribution in [0.25, 0.3) is 0 Å². The van der Waals surface area contributed by atoms with Crippen molar-refractivity contribution < 1.29 is 9.47 Å². The molecule has 1 aliphatic rings. The molecule has 1 aromatic carbocycles. The summed E-state index contributed by atoms with van der Waals surface area (Å²) in [4.78, 5) is 7.17. The normalized spacial score (nSPS) is 17.6. The van der Waals surface area contributed by atoms with Crippen LogP contribution in [0.2, 0.25) is 0 Å². The highest BCUT2D eigenvalue weighted by Crippen LogP contribution is 2.20. The molecule has 1 aliphatic heterocycles. The smallest absolute Gasteiger partial charge is 0.140 e. The molecule has 1 N–H and O–H groups in total. The van der Waals surface area contributed by atoms with Crippen LogP contribution >= 0.6 is 11.3 Å². The summed E-state index contributed by atoms with van der Waals surface area (Å²) >= 11 is 1.66. The fraction of sp³-hybridized carbons (Fsp3) is 0.500. The summed E-state index contributed by atoms with van der Waals surface area (Å²) in [6, 6.07) is 7.62. The van der Waals surface area contributed by atoms with Gasteiger partial charge < -0.3 is 14.8 Å². The molecule has 6 heteroatoms.